The van der Waals surface area contributed by atoms with Crippen molar-refractivity contribution >= 4 is 12.1 Å². The van der Waals surface area contributed by atoms with E-state index in [-0.39, 0.29) is 5.91 Å². The number of carbonyl (C=O) groups is 1. The number of aromatic amines is 1. The first-order chi connectivity index (χ1) is 9.09. The molecule has 0 aromatic carbocycles. The maximum absolute atomic E-state index is 11.5. The maximum Gasteiger partial charge on any atom is 0.287 e. The van der Waals surface area contributed by atoms with Crippen LogP contribution in [0.4, 0.5) is 0 Å². The van der Waals surface area contributed by atoms with Crippen LogP contribution in [0.1, 0.15) is 50.5 Å². The number of H-pyrrole nitrogens is 1. The predicted molar refractivity (Wildman–Crippen MR) is 79.2 cm³/mol. The Bertz CT molecular complexity index is 428. The van der Waals surface area contributed by atoms with Crippen LogP contribution in [0, 0.1) is 5.92 Å². The summed E-state index contributed by atoms with van der Waals surface area (Å²) in [5.41, 5.74) is 4.38. The number of nitrogens with one attached hydrogen (secondary N) is 2. The second-order valence-electron chi connectivity index (χ2n) is 5.04. The molecule has 0 radical (unpaired) electrons. The topological polar surface area (TPSA) is 57.2 Å². The molecule has 1 rings (SSSR count). The van der Waals surface area contributed by atoms with E-state index in [0.29, 0.717) is 11.6 Å². The molecule has 1 aromatic heterocycles. The summed E-state index contributed by atoms with van der Waals surface area (Å²) in [4.78, 5) is 14.4. The maximum atomic E-state index is 11.5. The van der Waals surface area contributed by atoms with Crippen LogP contribution in [0.25, 0.3) is 0 Å². The lowest BCUT2D eigenvalue weighted by Crippen LogP contribution is -2.17. The van der Waals surface area contributed by atoms with Crippen LogP contribution in [-0.4, -0.2) is 17.1 Å². The number of nitrogens with zero attached hydrogens (tertiary/aromatic N) is 1. The lowest BCUT2D eigenvalue weighted by Gasteiger charge is -2.05. The molecule has 4 nitrogen and oxygen atoms in total. The average Bonchev–Trinajstić information content (AvgIpc) is 2.87. The van der Waals surface area contributed by atoms with Crippen LogP contribution in [-0.2, 0) is 0 Å². The second-order valence-corrected chi connectivity index (χ2v) is 5.04. The molecule has 0 aliphatic carbocycles. The lowest BCUT2D eigenvalue weighted by atomic mass is 10.0. The van der Waals surface area contributed by atoms with Gasteiger partial charge >= 0.3 is 0 Å². The van der Waals surface area contributed by atoms with Gasteiger partial charge in [-0.2, -0.15) is 5.10 Å². The standard InChI is InChI=1S/C15H23N3O/c1-12(2)6-4-7-13(3)9-11-17-18-15(19)14-8-5-10-16-14/h5-6,8,10-11,13,16H,4,7,9H2,1-3H3,(H,18,19)/b17-11-/t13-/m1/s1. The summed E-state index contributed by atoms with van der Waals surface area (Å²) in [7, 11) is 0. The van der Waals surface area contributed by atoms with Crippen molar-refractivity contribution in [3.05, 3.63) is 35.7 Å². The molecule has 2 N–H and O–H groups in total. The molecule has 0 aliphatic rings. The highest BCUT2D eigenvalue weighted by molar-refractivity contribution is 5.92. The Morgan fingerprint density at radius 1 is 1.53 bits per heavy atom. The van der Waals surface area contributed by atoms with Gasteiger partial charge in [0.25, 0.3) is 5.91 Å². The zero-order valence-corrected chi connectivity index (χ0v) is 11.9. The summed E-state index contributed by atoms with van der Waals surface area (Å²) in [5.74, 6) is 0.361. The molecule has 1 atom stereocenters. The van der Waals surface area contributed by atoms with Gasteiger partial charge in [0, 0.05) is 12.4 Å². The van der Waals surface area contributed by atoms with E-state index in [2.05, 4.69) is 42.4 Å². The molecule has 0 saturated carbocycles. The Hall–Kier alpha value is -1.84. The van der Waals surface area contributed by atoms with Gasteiger partial charge < -0.3 is 4.98 Å². The van der Waals surface area contributed by atoms with Crippen LogP contribution >= 0.6 is 0 Å². The zero-order chi connectivity index (χ0) is 14.1. The molecule has 4 heteroatoms. The monoisotopic (exact) mass is 261 g/mol. The van der Waals surface area contributed by atoms with Crippen molar-refractivity contribution < 1.29 is 4.79 Å². The molecule has 0 aliphatic heterocycles. The first-order valence-electron chi connectivity index (χ1n) is 6.68. The minimum Gasteiger partial charge on any atom is -0.357 e. The lowest BCUT2D eigenvalue weighted by molar-refractivity contribution is 0.0950. The van der Waals surface area contributed by atoms with Crippen molar-refractivity contribution in [3.63, 3.8) is 0 Å². The SMILES string of the molecule is CC(C)=CCC[C@@H](C)C/C=N\NC(=O)c1ccc[nH]1. The van der Waals surface area contributed by atoms with Crippen molar-refractivity contribution in [2.75, 3.05) is 0 Å². The van der Waals surface area contributed by atoms with Gasteiger partial charge in [-0.3, -0.25) is 4.79 Å². The summed E-state index contributed by atoms with van der Waals surface area (Å²) < 4.78 is 0. The van der Waals surface area contributed by atoms with Crippen molar-refractivity contribution in [2.45, 2.75) is 40.0 Å². The van der Waals surface area contributed by atoms with Gasteiger partial charge in [-0.05, 0) is 51.2 Å². The highest BCUT2D eigenvalue weighted by Crippen LogP contribution is 2.10. The van der Waals surface area contributed by atoms with Crippen molar-refractivity contribution in [1.82, 2.24) is 10.4 Å². The molecule has 0 saturated heterocycles. The molecule has 104 valence electrons. The van der Waals surface area contributed by atoms with Crippen molar-refractivity contribution in [1.29, 1.82) is 0 Å². The number of aromatic nitrogens is 1. The van der Waals surface area contributed by atoms with E-state index in [4.69, 9.17) is 0 Å². The van der Waals surface area contributed by atoms with Crippen LogP contribution in [0.2, 0.25) is 0 Å². The number of hydrogen-bond acceptors (Lipinski definition) is 2. The van der Waals surface area contributed by atoms with Crippen LogP contribution in [0.3, 0.4) is 0 Å². The highest BCUT2D eigenvalue weighted by Gasteiger charge is 2.03. The fourth-order valence-corrected chi connectivity index (χ4v) is 1.64. The van der Waals surface area contributed by atoms with Crippen LogP contribution < -0.4 is 5.43 Å². The fourth-order valence-electron chi connectivity index (χ4n) is 1.64. The van der Waals surface area contributed by atoms with E-state index in [0.717, 1.165) is 19.3 Å². The molecular weight excluding hydrogens is 238 g/mol. The molecule has 1 heterocycles. The molecular formula is C15H23N3O. The van der Waals surface area contributed by atoms with Gasteiger partial charge in [0.05, 0.1) is 0 Å². The third-order valence-corrected chi connectivity index (χ3v) is 2.82. The Labute approximate surface area is 115 Å². The first kappa shape index (κ1) is 15.2. The molecule has 1 amide bonds. The van der Waals surface area contributed by atoms with Crippen LogP contribution in [0.5, 0.6) is 0 Å². The zero-order valence-electron chi connectivity index (χ0n) is 11.9. The summed E-state index contributed by atoms with van der Waals surface area (Å²) in [6.45, 7) is 6.42. The third-order valence-electron chi connectivity index (χ3n) is 2.82. The van der Waals surface area contributed by atoms with E-state index < -0.39 is 0 Å². The van der Waals surface area contributed by atoms with E-state index in [1.165, 1.54) is 5.57 Å². The second kappa shape index (κ2) is 8.29. The molecule has 0 fully saturated rings. The van der Waals surface area contributed by atoms with E-state index in [9.17, 15) is 4.79 Å². The van der Waals surface area contributed by atoms with E-state index in [1.807, 2.05) is 0 Å². The Morgan fingerprint density at radius 2 is 2.32 bits per heavy atom. The quantitative estimate of drug-likeness (QED) is 0.440. The number of carbonyl (C=O) groups excluding carboxylic acids is 1. The minimum atomic E-state index is -0.210. The number of rotatable bonds is 7. The Morgan fingerprint density at radius 3 is 2.95 bits per heavy atom. The number of hydrogen-bond donors (Lipinski definition) is 2. The van der Waals surface area contributed by atoms with Crippen molar-refractivity contribution in [3.8, 4) is 0 Å². The van der Waals surface area contributed by atoms with Gasteiger partial charge in [0.15, 0.2) is 0 Å². The van der Waals surface area contributed by atoms with E-state index >= 15 is 0 Å². The van der Waals surface area contributed by atoms with Crippen LogP contribution in [0.15, 0.2) is 35.1 Å². The van der Waals surface area contributed by atoms with E-state index in [1.54, 1.807) is 24.5 Å². The number of allylic oxidation sites excluding steroid dienone is 2. The number of hydrazone groups is 1. The van der Waals surface area contributed by atoms with Gasteiger partial charge in [0.2, 0.25) is 0 Å². The molecule has 19 heavy (non-hydrogen) atoms. The minimum absolute atomic E-state index is 0.210. The number of amides is 1. The molecule has 1 aromatic rings. The summed E-state index contributed by atoms with van der Waals surface area (Å²) in [5, 5.41) is 3.95. The first-order valence-corrected chi connectivity index (χ1v) is 6.68. The van der Waals surface area contributed by atoms with Gasteiger partial charge in [-0.15, -0.1) is 0 Å². The van der Waals surface area contributed by atoms with Crippen molar-refractivity contribution in [2.24, 2.45) is 11.0 Å². The van der Waals surface area contributed by atoms with Gasteiger partial charge in [0.1, 0.15) is 5.69 Å². The fraction of sp³-hybridized carbons (Fsp3) is 0.467. The summed E-state index contributed by atoms with van der Waals surface area (Å²) in [6.07, 6.45) is 8.86. The molecule has 0 unspecified atom stereocenters. The normalized spacial score (nSPS) is 12.4. The summed E-state index contributed by atoms with van der Waals surface area (Å²) >= 11 is 0. The molecule has 0 spiro atoms. The average molecular weight is 261 g/mol. The smallest absolute Gasteiger partial charge is 0.287 e. The predicted octanol–water partition coefficient (Wildman–Crippen LogP) is 3.50. The molecule has 0 bridgehead atoms. The van der Waals surface area contributed by atoms with Gasteiger partial charge in [-0.25, -0.2) is 5.43 Å². The third kappa shape index (κ3) is 6.60. The Balaban J connectivity index is 2.19. The highest BCUT2D eigenvalue weighted by atomic mass is 16.2. The Kier molecular flexibility index (Phi) is 6.64. The summed E-state index contributed by atoms with van der Waals surface area (Å²) in [6, 6.07) is 3.50. The largest absolute Gasteiger partial charge is 0.357 e. The van der Waals surface area contributed by atoms with Gasteiger partial charge in [-0.1, -0.05) is 18.6 Å².